The summed E-state index contributed by atoms with van der Waals surface area (Å²) in [6, 6.07) is -1.30. The van der Waals surface area contributed by atoms with Crippen LogP contribution in [0.15, 0.2) is 16.0 Å². The van der Waals surface area contributed by atoms with Crippen molar-refractivity contribution in [2.24, 2.45) is 22.4 Å². The highest BCUT2D eigenvalue weighted by Crippen LogP contribution is 2.28. The zero-order valence-electron chi connectivity index (χ0n) is 29.8. The van der Waals surface area contributed by atoms with Crippen LogP contribution in [0.3, 0.4) is 0 Å². The molecule has 0 saturated carbocycles. The molecule has 1 aromatic heterocycles. The number of aromatic nitrogens is 2. The second-order valence-corrected chi connectivity index (χ2v) is 13.4. The topological polar surface area (TPSA) is 300 Å². The number of rotatable bonds is 20. The second kappa shape index (κ2) is 20.5. The molecule has 0 aliphatic carbocycles. The number of aliphatic imine (C=N–C) groups is 1. The Morgan fingerprint density at radius 1 is 1.08 bits per heavy atom. The molecule has 2 rings (SSSR count). The number of carbonyl (C=O) groups excluding carboxylic acids is 5. The summed E-state index contributed by atoms with van der Waals surface area (Å²) >= 11 is 0. The van der Waals surface area contributed by atoms with Crippen molar-refractivity contribution in [3.8, 4) is 0 Å². The molecule has 19 nitrogen and oxygen atoms in total. The molecule has 20 heteroatoms. The molecule has 0 spiro atoms. The normalized spacial score (nSPS) is 19.6. The molecule has 1 aliphatic heterocycles. The number of hydrogen-bond donors (Lipinski definition) is 8. The number of carbonyl (C=O) groups is 5. The molecular weight excluding hydrogens is 691 g/mol. The lowest BCUT2D eigenvalue weighted by Crippen LogP contribution is -2.48. The number of halogens is 1. The fraction of sp³-hybridized carbons (Fsp3) is 0.688. The Morgan fingerprint density at radius 2 is 1.77 bits per heavy atom. The van der Waals surface area contributed by atoms with Gasteiger partial charge in [0.25, 0.3) is 0 Å². The predicted octanol–water partition coefficient (Wildman–Crippen LogP) is -1.53. The number of ether oxygens (including phenoxy) is 2. The summed E-state index contributed by atoms with van der Waals surface area (Å²) in [4.78, 5) is 83.3. The third kappa shape index (κ3) is 14.6. The molecule has 3 unspecified atom stereocenters. The van der Waals surface area contributed by atoms with E-state index in [1.54, 1.807) is 20.8 Å². The monoisotopic (exact) mass is 742 g/mol. The Kier molecular flexibility index (Phi) is 17.2. The maximum atomic E-state index is 15.1. The number of nitrogens with one attached hydrogen (secondary N) is 3. The average Bonchev–Trinajstić information content (AvgIpc) is 3.33. The fourth-order valence-corrected chi connectivity index (χ4v) is 5.21. The van der Waals surface area contributed by atoms with Crippen LogP contribution in [0.2, 0.25) is 0 Å². The van der Waals surface area contributed by atoms with Crippen LogP contribution >= 0.6 is 0 Å². The minimum Gasteiger partial charge on any atom is -0.460 e. The fourth-order valence-electron chi connectivity index (χ4n) is 5.21. The highest BCUT2D eigenvalue weighted by molar-refractivity contribution is 5.97. The van der Waals surface area contributed by atoms with E-state index in [2.05, 4.69) is 25.9 Å². The van der Waals surface area contributed by atoms with Crippen LogP contribution < -0.4 is 33.1 Å². The molecule has 1 aliphatic rings. The second-order valence-electron chi connectivity index (χ2n) is 13.4. The third-order valence-corrected chi connectivity index (χ3v) is 7.75. The van der Waals surface area contributed by atoms with E-state index in [0.717, 1.165) is 0 Å². The van der Waals surface area contributed by atoms with E-state index in [1.807, 2.05) is 0 Å². The first-order chi connectivity index (χ1) is 24.3. The number of Topliss-reactive ketones (excluding diaryl/α,β-unsaturated/α-hetero) is 1. The van der Waals surface area contributed by atoms with E-state index >= 15 is 4.39 Å². The molecular formula is C32H51FN8O11. The number of nitrogens with zero attached hydrogens (tertiary/aromatic N) is 3. The van der Waals surface area contributed by atoms with Gasteiger partial charge in [-0.05, 0) is 53.4 Å². The van der Waals surface area contributed by atoms with Gasteiger partial charge in [0, 0.05) is 18.9 Å². The number of ketones is 1. The minimum atomic E-state index is -1.70. The molecule has 292 valence electrons. The maximum Gasteiger partial charge on any atom is 0.351 e. The van der Waals surface area contributed by atoms with E-state index < -0.39 is 96.3 Å². The molecule has 10 N–H and O–H groups in total. The van der Waals surface area contributed by atoms with Crippen molar-refractivity contribution >= 4 is 41.3 Å². The molecule has 0 radical (unpaired) electrons. The summed E-state index contributed by atoms with van der Waals surface area (Å²) in [5, 5.41) is 36.6. The lowest BCUT2D eigenvalue weighted by atomic mass is 9.98. The van der Waals surface area contributed by atoms with Crippen molar-refractivity contribution in [3.63, 3.8) is 0 Å². The molecule has 1 saturated heterocycles. The summed E-state index contributed by atoms with van der Waals surface area (Å²) < 4.78 is 26.3. The van der Waals surface area contributed by atoms with E-state index in [1.165, 1.54) is 6.92 Å². The van der Waals surface area contributed by atoms with Crippen LogP contribution in [-0.2, 0) is 33.4 Å². The van der Waals surface area contributed by atoms with Crippen LogP contribution in [-0.4, -0.2) is 110 Å². The van der Waals surface area contributed by atoms with Crippen molar-refractivity contribution in [2.75, 3.05) is 25.0 Å². The number of esters is 1. The number of guanidine groups is 1. The third-order valence-electron chi connectivity index (χ3n) is 7.75. The Bertz CT molecular complexity index is 1500. The summed E-state index contributed by atoms with van der Waals surface area (Å²) in [7, 11) is 0. The predicted molar refractivity (Wildman–Crippen MR) is 183 cm³/mol. The summed E-state index contributed by atoms with van der Waals surface area (Å²) in [6.07, 6.45) is -3.54. The van der Waals surface area contributed by atoms with Gasteiger partial charge in [0.05, 0.1) is 25.8 Å². The Balaban J connectivity index is 2.15. The van der Waals surface area contributed by atoms with Gasteiger partial charge < -0.3 is 57.0 Å². The van der Waals surface area contributed by atoms with Crippen LogP contribution in [0, 0.1) is 11.7 Å². The zero-order chi connectivity index (χ0) is 39.2. The van der Waals surface area contributed by atoms with Crippen molar-refractivity contribution in [1.82, 2.24) is 20.2 Å². The molecule has 0 aromatic carbocycles. The summed E-state index contributed by atoms with van der Waals surface area (Å²) in [5.74, 6) is -6.11. The Hall–Kier alpha value is -4.53. The standard InChI is InChI=1S/C32H51FN8O11/c1-17(43)9-6-5-7-11-20(28(49)39-26-19(33)15-41(31(50)40-26)29-25(47)24(46)21(16-42)51-29)38-22(44)14-37-27(48)18(10-8-12-36-30(34)35)13-23(45)52-32(2,3)4/h15,18,20-21,24-25,29,42,46-47H,5-14,16H2,1-4H3,(H,37,48)(H,38,44)(H4,34,35,36)(H,39,40,49,50)/t18?,20?,21-,24?,25+,29-/m1/s1. The number of aliphatic hydroxyl groups is 3. The Labute approximate surface area is 299 Å². The molecule has 0 bridgehead atoms. The molecule has 1 aromatic rings. The lowest BCUT2D eigenvalue weighted by molar-refractivity contribution is -0.157. The molecule has 6 atom stereocenters. The van der Waals surface area contributed by atoms with Crippen LogP contribution in [0.25, 0.3) is 0 Å². The van der Waals surface area contributed by atoms with E-state index in [4.69, 9.17) is 20.9 Å². The van der Waals surface area contributed by atoms with E-state index in [-0.39, 0.29) is 37.6 Å². The van der Waals surface area contributed by atoms with Crippen molar-refractivity contribution in [3.05, 3.63) is 22.5 Å². The average molecular weight is 743 g/mol. The largest absolute Gasteiger partial charge is 0.460 e. The number of aliphatic hydroxyl groups excluding tert-OH is 3. The van der Waals surface area contributed by atoms with Gasteiger partial charge in [-0.2, -0.15) is 4.98 Å². The van der Waals surface area contributed by atoms with E-state index in [9.17, 15) is 44.1 Å². The van der Waals surface area contributed by atoms with Gasteiger partial charge in [-0.1, -0.05) is 12.8 Å². The number of nitrogens with two attached hydrogens (primary N) is 2. The van der Waals surface area contributed by atoms with Crippen molar-refractivity contribution in [1.29, 1.82) is 0 Å². The molecule has 3 amide bonds. The number of unbranched alkanes of at least 4 members (excludes halogenated alkanes) is 2. The van der Waals surface area contributed by atoms with Crippen molar-refractivity contribution < 1.29 is 53.2 Å². The van der Waals surface area contributed by atoms with Crippen LogP contribution in [0.1, 0.15) is 85.3 Å². The van der Waals surface area contributed by atoms with Crippen LogP contribution in [0.5, 0.6) is 0 Å². The zero-order valence-corrected chi connectivity index (χ0v) is 29.8. The van der Waals surface area contributed by atoms with Gasteiger partial charge >= 0.3 is 11.7 Å². The highest BCUT2D eigenvalue weighted by atomic mass is 19.1. The Morgan fingerprint density at radius 3 is 2.37 bits per heavy atom. The summed E-state index contributed by atoms with van der Waals surface area (Å²) in [6.45, 7) is 5.37. The molecule has 52 heavy (non-hydrogen) atoms. The lowest BCUT2D eigenvalue weighted by Gasteiger charge is -2.22. The van der Waals surface area contributed by atoms with Gasteiger partial charge in [0.2, 0.25) is 17.7 Å². The minimum absolute atomic E-state index is 0.0206. The molecule has 1 fully saturated rings. The van der Waals surface area contributed by atoms with Gasteiger partial charge in [-0.25, -0.2) is 9.18 Å². The first-order valence-electron chi connectivity index (χ1n) is 16.9. The number of amides is 3. The first kappa shape index (κ1) is 43.6. The van der Waals surface area contributed by atoms with Gasteiger partial charge in [0.1, 0.15) is 35.7 Å². The first-order valence-corrected chi connectivity index (χ1v) is 16.9. The molecule has 2 heterocycles. The highest BCUT2D eigenvalue weighted by Gasteiger charge is 2.44. The van der Waals surface area contributed by atoms with Crippen molar-refractivity contribution in [2.45, 2.75) is 115 Å². The van der Waals surface area contributed by atoms with E-state index in [0.29, 0.717) is 42.9 Å². The number of hydrogen-bond acceptors (Lipinski definition) is 13. The smallest absolute Gasteiger partial charge is 0.351 e. The SMILES string of the molecule is CC(=O)CCCCCC(NC(=O)CNC(=O)C(CCCN=C(N)N)CC(=O)OC(C)(C)C)C(=O)Nc1nc(=O)n([C@@H]2O[C@H](CO)C(O)[C@@H]2O)cc1F. The van der Waals surface area contributed by atoms with Gasteiger partial charge in [0.15, 0.2) is 23.8 Å². The quantitative estimate of drug-likeness (QED) is 0.0326. The maximum absolute atomic E-state index is 15.1. The summed E-state index contributed by atoms with van der Waals surface area (Å²) in [5.41, 5.74) is 8.72. The van der Waals surface area contributed by atoms with Crippen LogP contribution in [0.4, 0.5) is 10.2 Å². The van der Waals surface area contributed by atoms with Gasteiger partial charge in [-0.15, -0.1) is 0 Å². The number of anilines is 1. The van der Waals surface area contributed by atoms with Gasteiger partial charge in [-0.3, -0.25) is 28.7 Å².